The number of amidine groups is 1. The van der Waals surface area contributed by atoms with E-state index >= 15 is 0 Å². The molecule has 0 unspecified atom stereocenters. The lowest BCUT2D eigenvalue weighted by molar-refractivity contribution is 0.316. The van der Waals surface area contributed by atoms with Crippen LogP contribution in [-0.4, -0.2) is 23.1 Å². The molecule has 0 spiro atoms. The highest BCUT2D eigenvalue weighted by molar-refractivity contribution is 5.79. The first-order chi connectivity index (χ1) is 6.16. The molecular weight excluding hydrogens is 166 g/mol. The number of nitrogens with zero attached hydrogens (tertiary/aromatic N) is 1. The van der Waals surface area contributed by atoms with Gasteiger partial charge in [-0.25, -0.2) is 0 Å². The van der Waals surface area contributed by atoms with Crippen molar-refractivity contribution < 1.29 is 5.21 Å². The Balaban J connectivity index is 1.90. The van der Waals surface area contributed by atoms with Gasteiger partial charge in [0, 0.05) is 12.0 Å². The summed E-state index contributed by atoms with van der Waals surface area (Å²) in [6.45, 7) is 3.28. The third kappa shape index (κ3) is 4.12. The highest BCUT2D eigenvalue weighted by Crippen LogP contribution is 2.33. The van der Waals surface area contributed by atoms with Gasteiger partial charge < -0.3 is 16.3 Å². The molecule has 1 rings (SSSR count). The SMILES string of the molecule is CC1(NCCCCC(N)=NO)CC1. The lowest BCUT2D eigenvalue weighted by Gasteiger charge is -2.10. The van der Waals surface area contributed by atoms with Gasteiger partial charge in [-0.2, -0.15) is 0 Å². The van der Waals surface area contributed by atoms with Gasteiger partial charge in [0.05, 0.1) is 0 Å². The number of hydrogen-bond donors (Lipinski definition) is 3. The summed E-state index contributed by atoms with van der Waals surface area (Å²) in [5, 5.41) is 14.7. The second-order valence-electron chi connectivity index (χ2n) is 4.04. The van der Waals surface area contributed by atoms with E-state index in [1.807, 2.05) is 0 Å². The molecule has 1 aliphatic carbocycles. The maximum absolute atomic E-state index is 8.28. The minimum atomic E-state index is 0.331. The topological polar surface area (TPSA) is 70.6 Å². The largest absolute Gasteiger partial charge is 0.409 e. The average molecular weight is 185 g/mol. The molecule has 0 aromatic rings. The van der Waals surface area contributed by atoms with Gasteiger partial charge in [-0.1, -0.05) is 5.16 Å². The summed E-state index contributed by atoms with van der Waals surface area (Å²) in [6.07, 6.45) is 5.36. The quantitative estimate of drug-likeness (QED) is 0.190. The van der Waals surface area contributed by atoms with Gasteiger partial charge in [0.25, 0.3) is 0 Å². The minimum absolute atomic E-state index is 0.331. The molecule has 13 heavy (non-hydrogen) atoms. The Labute approximate surface area is 79.2 Å². The van der Waals surface area contributed by atoms with Crippen molar-refractivity contribution in [1.82, 2.24) is 5.32 Å². The van der Waals surface area contributed by atoms with Crippen LogP contribution in [0, 0.1) is 0 Å². The van der Waals surface area contributed by atoms with Crippen molar-refractivity contribution >= 4 is 5.84 Å². The van der Waals surface area contributed by atoms with E-state index in [1.54, 1.807) is 0 Å². The summed E-state index contributed by atoms with van der Waals surface area (Å²) in [5.74, 6) is 0.331. The summed E-state index contributed by atoms with van der Waals surface area (Å²) < 4.78 is 0. The Hall–Kier alpha value is -0.770. The van der Waals surface area contributed by atoms with Crippen LogP contribution in [0.2, 0.25) is 0 Å². The molecule has 4 nitrogen and oxygen atoms in total. The van der Waals surface area contributed by atoms with Crippen LogP contribution in [0.1, 0.15) is 39.0 Å². The fourth-order valence-electron chi connectivity index (χ4n) is 1.24. The monoisotopic (exact) mass is 185 g/mol. The fraction of sp³-hybridized carbons (Fsp3) is 0.889. The maximum Gasteiger partial charge on any atom is 0.139 e. The Morgan fingerprint density at radius 3 is 2.77 bits per heavy atom. The van der Waals surface area contributed by atoms with Gasteiger partial charge >= 0.3 is 0 Å². The summed E-state index contributed by atoms with van der Waals surface area (Å²) in [7, 11) is 0. The predicted molar refractivity (Wildman–Crippen MR) is 52.9 cm³/mol. The van der Waals surface area contributed by atoms with Crippen LogP contribution in [0.25, 0.3) is 0 Å². The van der Waals surface area contributed by atoms with Crippen molar-refractivity contribution in [2.45, 2.75) is 44.6 Å². The molecule has 0 bridgehead atoms. The minimum Gasteiger partial charge on any atom is -0.409 e. The average Bonchev–Trinajstić information content (AvgIpc) is 2.83. The molecule has 1 saturated carbocycles. The smallest absolute Gasteiger partial charge is 0.139 e. The number of unbranched alkanes of at least 4 members (excludes halogenated alkanes) is 1. The van der Waals surface area contributed by atoms with Crippen LogP contribution in [0.15, 0.2) is 5.16 Å². The van der Waals surface area contributed by atoms with Gasteiger partial charge in [0.2, 0.25) is 0 Å². The van der Waals surface area contributed by atoms with Gasteiger partial charge in [-0.15, -0.1) is 0 Å². The lowest BCUT2D eigenvalue weighted by Crippen LogP contribution is -2.28. The first-order valence-electron chi connectivity index (χ1n) is 4.88. The third-order valence-corrected chi connectivity index (χ3v) is 2.54. The van der Waals surface area contributed by atoms with E-state index in [-0.39, 0.29) is 0 Å². The van der Waals surface area contributed by atoms with Crippen molar-refractivity contribution in [2.24, 2.45) is 10.9 Å². The molecule has 0 heterocycles. The first kappa shape index (κ1) is 10.3. The van der Waals surface area contributed by atoms with E-state index in [4.69, 9.17) is 10.9 Å². The van der Waals surface area contributed by atoms with E-state index in [2.05, 4.69) is 17.4 Å². The number of nitrogens with two attached hydrogens (primary N) is 1. The van der Waals surface area contributed by atoms with E-state index < -0.39 is 0 Å². The summed E-state index contributed by atoms with van der Waals surface area (Å²) in [4.78, 5) is 0. The van der Waals surface area contributed by atoms with Gasteiger partial charge in [0.15, 0.2) is 0 Å². The van der Waals surface area contributed by atoms with Crippen molar-refractivity contribution in [3.05, 3.63) is 0 Å². The molecular formula is C9H19N3O. The molecule has 0 aliphatic heterocycles. The molecule has 0 aromatic carbocycles. The molecule has 0 radical (unpaired) electrons. The van der Waals surface area contributed by atoms with Crippen molar-refractivity contribution in [1.29, 1.82) is 0 Å². The van der Waals surface area contributed by atoms with Crippen LogP contribution in [0.5, 0.6) is 0 Å². The molecule has 76 valence electrons. The Bertz CT molecular complexity index is 187. The predicted octanol–water partition coefficient (Wildman–Crippen LogP) is 1.05. The number of nitrogens with one attached hydrogen (secondary N) is 1. The van der Waals surface area contributed by atoms with E-state index in [9.17, 15) is 0 Å². The highest BCUT2D eigenvalue weighted by atomic mass is 16.4. The van der Waals surface area contributed by atoms with Crippen LogP contribution in [-0.2, 0) is 0 Å². The highest BCUT2D eigenvalue weighted by Gasteiger charge is 2.35. The van der Waals surface area contributed by atoms with Gasteiger partial charge in [-0.05, 0) is 39.2 Å². The molecule has 1 fully saturated rings. The normalized spacial score (nSPS) is 20.2. The second kappa shape index (κ2) is 4.46. The van der Waals surface area contributed by atoms with E-state index in [0.29, 0.717) is 17.8 Å². The van der Waals surface area contributed by atoms with Gasteiger partial charge in [0.1, 0.15) is 5.84 Å². The van der Waals surface area contributed by atoms with Crippen LogP contribution in [0.4, 0.5) is 0 Å². The Kier molecular flexibility index (Phi) is 3.54. The number of rotatable bonds is 6. The molecule has 4 N–H and O–H groups in total. The summed E-state index contributed by atoms with van der Waals surface area (Å²) >= 11 is 0. The van der Waals surface area contributed by atoms with Crippen LogP contribution >= 0.6 is 0 Å². The lowest BCUT2D eigenvalue weighted by atomic mass is 10.2. The zero-order valence-corrected chi connectivity index (χ0v) is 8.21. The molecule has 4 heteroatoms. The number of hydrogen-bond acceptors (Lipinski definition) is 3. The number of oxime groups is 1. The Morgan fingerprint density at radius 2 is 2.23 bits per heavy atom. The van der Waals surface area contributed by atoms with E-state index in [1.165, 1.54) is 12.8 Å². The van der Waals surface area contributed by atoms with Crippen LogP contribution in [0.3, 0.4) is 0 Å². The zero-order chi connectivity index (χ0) is 9.73. The molecule has 0 amide bonds. The Morgan fingerprint density at radius 1 is 1.54 bits per heavy atom. The third-order valence-electron chi connectivity index (χ3n) is 2.54. The molecule has 0 aromatic heterocycles. The van der Waals surface area contributed by atoms with Crippen LogP contribution < -0.4 is 11.1 Å². The molecule has 0 atom stereocenters. The standard InChI is InChI=1S/C9H19N3O/c1-9(5-6-9)11-7-3-2-4-8(10)12-13/h11,13H,2-7H2,1H3,(H2,10,12). The second-order valence-corrected chi connectivity index (χ2v) is 4.04. The first-order valence-corrected chi connectivity index (χ1v) is 4.88. The molecule has 1 aliphatic rings. The fourth-order valence-corrected chi connectivity index (χ4v) is 1.24. The summed E-state index contributed by atoms with van der Waals surface area (Å²) in [5.41, 5.74) is 5.76. The van der Waals surface area contributed by atoms with Crippen molar-refractivity contribution in [3.8, 4) is 0 Å². The van der Waals surface area contributed by atoms with E-state index in [0.717, 1.165) is 19.4 Å². The summed E-state index contributed by atoms with van der Waals surface area (Å²) in [6, 6.07) is 0. The molecule has 0 saturated heterocycles. The zero-order valence-electron chi connectivity index (χ0n) is 8.21. The maximum atomic E-state index is 8.28. The van der Waals surface area contributed by atoms with Gasteiger partial charge in [-0.3, -0.25) is 0 Å². The van der Waals surface area contributed by atoms with Crippen molar-refractivity contribution in [2.75, 3.05) is 6.54 Å². The van der Waals surface area contributed by atoms with Crippen molar-refractivity contribution in [3.63, 3.8) is 0 Å².